The minimum atomic E-state index is -1.46. The van der Waals surface area contributed by atoms with Gasteiger partial charge in [0.2, 0.25) is 11.8 Å². The molecule has 8 aromatic rings. The van der Waals surface area contributed by atoms with Crippen LogP contribution in [-0.2, 0) is 74.0 Å². The molecule has 0 spiro atoms. The summed E-state index contributed by atoms with van der Waals surface area (Å²) in [6, 6.07) is 17.0. The first kappa shape index (κ1) is 73.0. The van der Waals surface area contributed by atoms with Crippen molar-refractivity contribution in [1.29, 1.82) is 0 Å². The van der Waals surface area contributed by atoms with Crippen LogP contribution < -0.4 is 10.6 Å². The van der Waals surface area contributed by atoms with Crippen LogP contribution >= 0.6 is 0 Å². The first-order valence-corrected chi connectivity index (χ1v) is 39.6. The number of carbonyl (C=O) groups excluding carboxylic acids is 4. The average molecular weight is 1420 g/mol. The molecule has 3 fully saturated rings. The number of fused-ring (bicyclic) bond motifs is 4. The third-order valence-corrected chi connectivity index (χ3v) is 21.4. The van der Waals surface area contributed by atoms with Gasteiger partial charge in [0.05, 0.1) is 46.4 Å². The van der Waals surface area contributed by atoms with Gasteiger partial charge in [-0.1, -0.05) is 45.6 Å². The van der Waals surface area contributed by atoms with Gasteiger partial charge in [-0.2, -0.15) is 10.2 Å². The SMILES string of the molecule is CCc1cc(O)c(F)cc1-c1ccc2c(-c3nc4c([nH]3)CN[C@H](C(=O)N3CCNC[C@@H]3C)C4)n[nH]c2c1.CCc1cc(O)c(F)cc1-c1ccc2c(-c3nc4c(n3COCC[Si](C)(C)C)CN(C(=O)OC(C)(C)C)[C@H](C(=O)N3CCN(C(=O)OC(C)(C)C)C[C@@H]3C)C4)nn(C3CCCCO3)c2c1. The van der Waals surface area contributed by atoms with Gasteiger partial charge in [-0.15, -0.1) is 0 Å². The Balaban J connectivity index is 0.000000223. The van der Waals surface area contributed by atoms with Crippen LogP contribution in [0.2, 0.25) is 25.7 Å². The zero-order chi connectivity index (χ0) is 72.9. The first-order valence-electron chi connectivity index (χ1n) is 35.9. The number of halogens is 2. The molecular formula is C75H98F2N14O10Si. The van der Waals surface area contributed by atoms with Crippen LogP contribution in [-0.4, -0.2) is 189 Å². The topological polar surface area (TPSA) is 276 Å². The van der Waals surface area contributed by atoms with Crippen molar-refractivity contribution in [2.24, 2.45) is 0 Å². The fourth-order valence-electron chi connectivity index (χ4n) is 14.2. The molecule has 0 aliphatic carbocycles. The summed E-state index contributed by atoms with van der Waals surface area (Å²) in [7, 11) is -1.46. The van der Waals surface area contributed by atoms with E-state index in [1.165, 1.54) is 29.2 Å². The molecule has 4 amide bonds. The smallest absolute Gasteiger partial charge is 0.411 e. The number of H-pyrrole nitrogens is 2. The van der Waals surface area contributed by atoms with E-state index < -0.39 is 49.1 Å². The van der Waals surface area contributed by atoms with Crippen molar-refractivity contribution in [2.45, 2.75) is 201 Å². The average Bonchev–Trinajstić information content (AvgIpc) is 1.72. The maximum Gasteiger partial charge on any atom is 0.411 e. The van der Waals surface area contributed by atoms with Crippen molar-refractivity contribution >= 4 is 53.9 Å². The van der Waals surface area contributed by atoms with E-state index in [9.17, 15) is 38.2 Å². The second kappa shape index (κ2) is 29.5. The van der Waals surface area contributed by atoms with Crippen LogP contribution in [0, 0.1) is 11.6 Å². The number of phenols is 2. The molecular weight excluding hydrogens is 1320 g/mol. The van der Waals surface area contributed by atoms with Gasteiger partial charge in [-0.05, 0) is 175 Å². The number of benzene rings is 4. The Morgan fingerprint density at radius 1 is 0.745 bits per heavy atom. The van der Waals surface area contributed by atoms with E-state index in [4.69, 9.17) is 34.0 Å². The fourth-order valence-corrected chi connectivity index (χ4v) is 15.0. The van der Waals surface area contributed by atoms with Gasteiger partial charge in [0.25, 0.3) is 0 Å². The molecule has 4 aromatic heterocycles. The summed E-state index contributed by atoms with van der Waals surface area (Å²) < 4.78 is 57.3. The quantitative estimate of drug-likeness (QED) is 0.0436. The van der Waals surface area contributed by atoms with Crippen molar-refractivity contribution in [2.75, 3.05) is 52.5 Å². The van der Waals surface area contributed by atoms with Crippen LogP contribution in [0.3, 0.4) is 0 Å². The number of aryl methyl sites for hydroxylation is 2. The summed E-state index contributed by atoms with van der Waals surface area (Å²) in [6.07, 6.45) is 3.14. The van der Waals surface area contributed by atoms with Crippen molar-refractivity contribution < 1.29 is 57.1 Å². The minimum Gasteiger partial charge on any atom is -0.505 e. The molecule has 0 saturated carbocycles. The summed E-state index contributed by atoms with van der Waals surface area (Å²) in [5.74, 6) is -1.02. The lowest BCUT2D eigenvalue weighted by atomic mass is 9.96. The molecule has 102 heavy (non-hydrogen) atoms. The van der Waals surface area contributed by atoms with Gasteiger partial charge < -0.3 is 58.7 Å². The van der Waals surface area contributed by atoms with Crippen LogP contribution in [0.15, 0.2) is 60.7 Å². The van der Waals surface area contributed by atoms with E-state index >= 15 is 0 Å². The highest BCUT2D eigenvalue weighted by molar-refractivity contribution is 6.76. The Labute approximate surface area is 594 Å². The Morgan fingerprint density at radius 3 is 2.05 bits per heavy atom. The maximum absolute atomic E-state index is 14.9. The van der Waals surface area contributed by atoms with Crippen molar-refractivity contribution in [1.82, 2.24) is 69.7 Å². The van der Waals surface area contributed by atoms with E-state index in [2.05, 4.69) is 52.4 Å². The van der Waals surface area contributed by atoms with Gasteiger partial charge in [-0.3, -0.25) is 24.9 Å². The summed E-state index contributed by atoms with van der Waals surface area (Å²) in [5, 5.41) is 41.2. The Morgan fingerprint density at radius 2 is 1.41 bits per heavy atom. The molecule has 13 rings (SSSR count). The molecule has 0 radical (unpaired) electrons. The monoisotopic (exact) mass is 1420 g/mol. The summed E-state index contributed by atoms with van der Waals surface area (Å²) in [6.45, 7) is 30.6. The number of ether oxygens (including phenoxy) is 4. The van der Waals surface area contributed by atoms with Crippen LogP contribution in [0.5, 0.6) is 11.5 Å². The largest absolute Gasteiger partial charge is 0.505 e. The number of aromatic amines is 2. The zero-order valence-corrected chi connectivity index (χ0v) is 62.0. The molecule has 9 heterocycles. The highest BCUT2D eigenvalue weighted by Gasteiger charge is 2.45. The predicted octanol–water partition coefficient (Wildman–Crippen LogP) is 12.0. The Kier molecular flexibility index (Phi) is 21.1. The van der Waals surface area contributed by atoms with Gasteiger partial charge in [-0.25, -0.2) is 33.0 Å². The van der Waals surface area contributed by atoms with Gasteiger partial charge in [0.15, 0.2) is 41.0 Å². The van der Waals surface area contributed by atoms with E-state index in [1.54, 1.807) is 30.6 Å². The van der Waals surface area contributed by atoms with Gasteiger partial charge in [0, 0.05) is 103 Å². The van der Waals surface area contributed by atoms with Gasteiger partial charge >= 0.3 is 12.2 Å². The van der Waals surface area contributed by atoms with Crippen molar-refractivity contribution in [3.8, 4) is 56.8 Å². The van der Waals surface area contributed by atoms with Crippen molar-refractivity contribution in [3.05, 3.63) is 106 Å². The molecule has 0 bridgehead atoms. The summed E-state index contributed by atoms with van der Waals surface area (Å²) in [4.78, 5) is 75.6. The number of nitrogens with zero attached hydrogens (tertiary/aromatic N) is 10. The highest BCUT2D eigenvalue weighted by Crippen LogP contribution is 2.41. The second-order valence-electron chi connectivity index (χ2n) is 30.8. The highest BCUT2D eigenvalue weighted by atomic mass is 28.3. The van der Waals surface area contributed by atoms with Gasteiger partial charge in [0.1, 0.15) is 35.4 Å². The molecule has 24 nitrogen and oxygen atoms in total. The number of carbonyl (C=O) groups is 4. The number of nitrogens with one attached hydrogen (secondary N) is 4. The molecule has 546 valence electrons. The predicted molar refractivity (Wildman–Crippen MR) is 387 cm³/mol. The van der Waals surface area contributed by atoms with E-state index in [-0.39, 0.29) is 87.0 Å². The standard InChI is InChI=1S/C48H68FN7O8Si.C27H30FN7O2/c1-12-31-24-40(57)35(49)25-34(31)32-16-17-33-37(23-32)56(41-15-13-14-20-62-41)51-42(33)43-50-36-26-38(44(58)53-19-18-52(27-30(53)2)45(59)63-47(3,4)5)54(46(60)64-48(6,7)8)28-39(36)55(43)29-61-21-22-65(9,10)11;1-3-15-9-24(36)19(28)10-18(15)16-4-5-17-20(8-16)33-34-25(17)26-31-21-11-22(30-13-23(21)32-26)27(37)35-7-6-29-12-14(35)2/h16-17,23-25,30,38,41,57H,12-15,18-22,26-29H2,1-11H3;4-5,8-10,14,22,29-30,36H,3,6-7,11-13H2,1-2H3,(H,31,32)(H,33,34)/t30-,38-,41?;14-,22-/m00/s1. The normalized spacial score (nSPS) is 19.7. The molecule has 27 heteroatoms. The maximum atomic E-state index is 14.9. The number of hydrogen-bond donors (Lipinski definition) is 6. The van der Waals surface area contributed by atoms with E-state index in [1.807, 2.05) is 92.1 Å². The van der Waals surface area contributed by atoms with Crippen LogP contribution in [0.1, 0.15) is 129 Å². The molecule has 3 saturated heterocycles. The molecule has 5 aliphatic rings. The molecule has 4 aromatic carbocycles. The number of aromatic hydroxyl groups is 2. The van der Waals surface area contributed by atoms with Crippen LogP contribution in [0.4, 0.5) is 18.4 Å². The molecule has 5 atom stereocenters. The number of amides is 4. The second-order valence-corrected chi connectivity index (χ2v) is 36.4. The molecule has 1 unspecified atom stereocenters. The lowest BCUT2D eigenvalue weighted by Gasteiger charge is -2.43. The third-order valence-electron chi connectivity index (χ3n) is 19.7. The summed E-state index contributed by atoms with van der Waals surface area (Å²) in [5.41, 5.74) is 9.26. The van der Waals surface area contributed by atoms with Crippen LogP contribution in [0.25, 0.3) is 67.1 Å². The third kappa shape index (κ3) is 15.7. The number of hydrogen-bond acceptors (Lipinski definition) is 16. The lowest BCUT2D eigenvalue weighted by Crippen LogP contribution is -2.61. The zero-order valence-electron chi connectivity index (χ0n) is 61.0. The number of imidazole rings is 2. The number of rotatable bonds is 14. The number of aromatic nitrogens is 8. The fraction of sp³-hybridized carbons (Fsp3) is 0.520. The number of phenolic OH excluding ortho intramolecular Hbond substituents is 2. The van der Waals surface area contributed by atoms with Crippen molar-refractivity contribution in [3.63, 3.8) is 0 Å². The van der Waals surface area contributed by atoms with E-state index in [0.29, 0.717) is 85.6 Å². The number of piperazine rings is 2. The van der Waals surface area contributed by atoms with E-state index in [0.717, 1.165) is 99.4 Å². The Hall–Kier alpha value is -8.76. The summed E-state index contributed by atoms with van der Waals surface area (Å²) >= 11 is 0. The Bertz CT molecular complexity index is 4440. The first-order chi connectivity index (χ1) is 48.4. The lowest BCUT2D eigenvalue weighted by molar-refractivity contribution is -0.142. The molecule has 5 aliphatic heterocycles. The molecule has 6 N–H and O–H groups in total. The minimum absolute atomic E-state index is 0.0258.